The number of aromatic nitrogens is 3. The summed E-state index contributed by atoms with van der Waals surface area (Å²) in [6, 6.07) is 3.42. The van der Waals surface area contributed by atoms with E-state index in [2.05, 4.69) is 20.3 Å². The van der Waals surface area contributed by atoms with Crippen molar-refractivity contribution in [2.24, 2.45) is 0 Å². The molecule has 1 unspecified atom stereocenters. The minimum absolute atomic E-state index is 0.00178. The van der Waals surface area contributed by atoms with Gasteiger partial charge in [-0.1, -0.05) is 0 Å². The average Bonchev–Trinajstić information content (AvgIpc) is 2.61. The van der Waals surface area contributed by atoms with Crippen LogP contribution in [-0.4, -0.2) is 38.8 Å². The van der Waals surface area contributed by atoms with Gasteiger partial charge in [0.25, 0.3) is 0 Å². The molecule has 10 heteroatoms. The fourth-order valence-electron chi connectivity index (χ4n) is 3.07. The molecular formula is C17H19F3N6O. The Labute approximate surface area is 153 Å². The Hall–Kier alpha value is -2.91. The van der Waals surface area contributed by atoms with Crippen LogP contribution in [0.2, 0.25) is 0 Å². The molecular weight excluding hydrogens is 361 g/mol. The quantitative estimate of drug-likeness (QED) is 0.850. The summed E-state index contributed by atoms with van der Waals surface area (Å²) >= 11 is 0. The number of pyridine rings is 1. The number of likely N-dealkylation sites (tertiary alicyclic amines) is 1. The fourth-order valence-corrected chi connectivity index (χ4v) is 3.07. The zero-order valence-corrected chi connectivity index (χ0v) is 14.6. The Morgan fingerprint density at radius 1 is 1.30 bits per heavy atom. The third-order valence-corrected chi connectivity index (χ3v) is 4.39. The molecule has 3 heterocycles. The van der Waals surface area contributed by atoms with Crippen LogP contribution < -0.4 is 11.1 Å². The summed E-state index contributed by atoms with van der Waals surface area (Å²) in [5.41, 5.74) is 5.60. The number of hydrogen-bond donors (Lipinski definition) is 2. The van der Waals surface area contributed by atoms with E-state index >= 15 is 0 Å². The van der Waals surface area contributed by atoms with E-state index in [4.69, 9.17) is 5.73 Å². The zero-order chi connectivity index (χ0) is 19.6. The lowest BCUT2D eigenvalue weighted by Gasteiger charge is -2.31. The first-order chi connectivity index (χ1) is 12.7. The van der Waals surface area contributed by atoms with Gasteiger partial charge in [-0.15, -0.1) is 0 Å². The van der Waals surface area contributed by atoms with Gasteiger partial charge in [-0.2, -0.15) is 18.2 Å². The number of carbonyl (C=O) groups excluding carboxylic acids is 1. The predicted octanol–water partition coefficient (Wildman–Crippen LogP) is 2.94. The Balaban J connectivity index is 1.83. The van der Waals surface area contributed by atoms with Crippen LogP contribution in [0.5, 0.6) is 0 Å². The second kappa shape index (κ2) is 7.37. The summed E-state index contributed by atoms with van der Waals surface area (Å²) < 4.78 is 38.5. The second-order valence-corrected chi connectivity index (χ2v) is 6.39. The molecule has 1 fully saturated rings. The molecule has 27 heavy (non-hydrogen) atoms. The average molecular weight is 380 g/mol. The van der Waals surface area contributed by atoms with Crippen LogP contribution >= 0.6 is 0 Å². The molecule has 2 aromatic heterocycles. The first kappa shape index (κ1) is 18.9. The lowest BCUT2D eigenvalue weighted by molar-refractivity contribution is -0.137. The van der Waals surface area contributed by atoms with Crippen LogP contribution in [0.4, 0.5) is 30.8 Å². The maximum absolute atomic E-state index is 12.8. The second-order valence-electron chi connectivity index (χ2n) is 6.39. The van der Waals surface area contributed by atoms with Crippen LogP contribution in [0.1, 0.15) is 36.9 Å². The molecule has 2 aromatic rings. The Kier molecular flexibility index (Phi) is 5.15. The minimum Gasteiger partial charge on any atom is -0.368 e. The number of halogens is 3. The number of carbonyl (C=O) groups is 1. The molecule has 0 saturated carbocycles. The highest BCUT2D eigenvalue weighted by atomic mass is 19.4. The highest BCUT2D eigenvalue weighted by Gasteiger charge is 2.31. The van der Waals surface area contributed by atoms with E-state index in [0.29, 0.717) is 18.8 Å². The number of nitrogens with one attached hydrogen (secondary N) is 1. The Morgan fingerprint density at radius 3 is 2.78 bits per heavy atom. The van der Waals surface area contributed by atoms with Crippen molar-refractivity contribution in [1.29, 1.82) is 0 Å². The van der Waals surface area contributed by atoms with Crippen molar-refractivity contribution in [3.63, 3.8) is 0 Å². The topological polar surface area (TPSA) is 97.0 Å². The third kappa shape index (κ3) is 4.63. The smallest absolute Gasteiger partial charge is 0.368 e. The number of anilines is 3. The molecule has 1 aliphatic heterocycles. The van der Waals surface area contributed by atoms with Gasteiger partial charge in [0, 0.05) is 38.2 Å². The molecule has 0 aromatic carbocycles. The van der Waals surface area contributed by atoms with E-state index in [1.165, 1.54) is 6.92 Å². The third-order valence-electron chi connectivity index (χ3n) is 4.39. The summed E-state index contributed by atoms with van der Waals surface area (Å²) in [7, 11) is 0. The molecule has 1 saturated heterocycles. The van der Waals surface area contributed by atoms with Gasteiger partial charge >= 0.3 is 6.18 Å². The number of nitrogens with zero attached hydrogens (tertiary/aromatic N) is 4. The van der Waals surface area contributed by atoms with Gasteiger partial charge in [0.15, 0.2) is 0 Å². The molecule has 1 aliphatic rings. The van der Waals surface area contributed by atoms with Crippen molar-refractivity contribution in [3.05, 3.63) is 35.7 Å². The van der Waals surface area contributed by atoms with Crippen molar-refractivity contribution >= 4 is 23.5 Å². The molecule has 1 atom stereocenters. The molecule has 144 valence electrons. The molecule has 0 bridgehead atoms. The monoisotopic (exact) mass is 380 g/mol. The molecule has 7 nitrogen and oxygen atoms in total. The van der Waals surface area contributed by atoms with E-state index in [1.807, 2.05) is 0 Å². The van der Waals surface area contributed by atoms with E-state index < -0.39 is 11.7 Å². The van der Waals surface area contributed by atoms with Gasteiger partial charge < -0.3 is 16.0 Å². The van der Waals surface area contributed by atoms with E-state index in [1.54, 1.807) is 11.0 Å². The number of rotatable bonds is 3. The Bertz CT molecular complexity index is 842. The minimum atomic E-state index is -4.46. The van der Waals surface area contributed by atoms with Crippen molar-refractivity contribution < 1.29 is 18.0 Å². The van der Waals surface area contributed by atoms with Crippen molar-refractivity contribution in [2.45, 2.75) is 31.9 Å². The van der Waals surface area contributed by atoms with Crippen LogP contribution in [0, 0.1) is 0 Å². The molecule has 3 rings (SSSR count). The summed E-state index contributed by atoms with van der Waals surface area (Å²) in [5, 5.41) is 2.75. The van der Waals surface area contributed by atoms with Gasteiger partial charge in [0.05, 0.1) is 11.3 Å². The first-order valence-electron chi connectivity index (χ1n) is 8.42. The zero-order valence-electron chi connectivity index (χ0n) is 14.6. The van der Waals surface area contributed by atoms with Crippen LogP contribution in [0.25, 0.3) is 0 Å². The molecule has 0 radical (unpaired) electrons. The van der Waals surface area contributed by atoms with Gasteiger partial charge in [0.2, 0.25) is 11.9 Å². The fraction of sp³-hybridized carbons (Fsp3) is 0.412. The molecule has 0 spiro atoms. The lowest BCUT2D eigenvalue weighted by Crippen LogP contribution is -2.37. The first-order valence-corrected chi connectivity index (χ1v) is 8.42. The molecule has 3 N–H and O–H groups in total. The van der Waals surface area contributed by atoms with Gasteiger partial charge in [0.1, 0.15) is 11.6 Å². The highest BCUT2D eigenvalue weighted by molar-refractivity contribution is 5.73. The molecule has 0 aliphatic carbocycles. The number of amides is 1. The number of piperidine rings is 1. The molecule has 1 amide bonds. The van der Waals surface area contributed by atoms with E-state index in [9.17, 15) is 18.0 Å². The van der Waals surface area contributed by atoms with Crippen LogP contribution in [0.3, 0.4) is 0 Å². The Morgan fingerprint density at radius 2 is 2.07 bits per heavy atom. The van der Waals surface area contributed by atoms with Gasteiger partial charge in [-0.3, -0.25) is 4.79 Å². The number of hydrogen-bond acceptors (Lipinski definition) is 6. The van der Waals surface area contributed by atoms with Crippen molar-refractivity contribution in [1.82, 2.24) is 19.9 Å². The van der Waals surface area contributed by atoms with Crippen LogP contribution in [-0.2, 0) is 11.0 Å². The lowest BCUT2D eigenvalue weighted by atomic mass is 9.94. The number of nitrogen functional groups attached to an aromatic ring is 1. The number of nitrogens with two attached hydrogens (primary N) is 1. The van der Waals surface area contributed by atoms with Crippen LogP contribution in [0.15, 0.2) is 24.4 Å². The highest BCUT2D eigenvalue weighted by Crippen LogP contribution is 2.31. The predicted molar refractivity (Wildman–Crippen MR) is 93.2 cm³/mol. The summed E-state index contributed by atoms with van der Waals surface area (Å²) in [6.07, 6.45) is -1.72. The van der Waals surface area contributed by atoms with E-state index in [0.717, 1.165) is 31.2 Å². The van der Waals surface area contributed by atoms with Crippen molar-refractivity contribution in [3.8, 4) is 0 Å². The maximum atomic E-state index is 12.8. The normalized spacial score (nSPS) is 17.6. The standard InChI is InChI=1S/C17H19F3N6O/c1-10(27)26-6-2-3-11(9-26)13-8-15(25-16(21)23-13)24-14-7-12(4-5-22-14)17(18,19)20/h4-5,7-8,11H,2-3,6,9H2,1H3,(H3,21,22,23,24,25). The van der Waals surface area contributed by atoms with Gasteiger partial charge in [-0.05, 0) is 25.0 Å². The summed E-state index contributed by atoms with van der Waals surface area (Å²) in [4.78, 5) is 25.5. The number of alkyl halides is 3. The van der Waals surface area contributed by atoms with Gasteiger partial charge in [-0.25, -0.2) is 9.97 Å². The maximum Gasteiger partial charge on any atom is 0.416 e. The SMILES string of the molecule is CC(=O)N1CCCC(c2cc(Nc3cc(C(F)(F)F)ccn3)nc(N)n2)C1. The van der Waals surface area contributed by atoms with Crippen molar-refractivity contribution in [2.75, 3.05) is 24.1 Å². The van der Waals surface area contributed by atoms with E-state index in [-0.39, 0.29) is 29.4 Å². The largest absolute Gasteiger partial charge is 0.416 e. The summed E-state index contributed by atoms with van der Waals surface area (Å²) in [5.74, 6) is 0.241. The summed E-state index contributed by atoms with van der Waals surface area (Å²) in [6.45, 7) is 2.74.